The molecule has 1 aliphatic rings. The van der Waals surface area contributed by atoms with Gasteiger partial charge in [-0.05, 0) is 19.4 Å². The number of hydrogen-bond acceptors (Lipinski definition) is 4. The van der Waals surface area contributed by atoms with E-state index in [2.05, 4.69) is 10.5 Å². The van der Waals surface area contributed by atoms with Crippen molar-refractivity contribution in [2.75, 3.05) is 18.8 Å². The summed E-state index contributed by atoms with van der Waals surface area (Å²) in [5, 5.41) is 7.19. The van der Waals surface area contributed by atoms with Crippen LogP contribution in [0, 0.1) is 0 Å². The zero-order valence-electron chi connectivity index (χ0n) is 7.22. The van der Waals surface area contributed by atoms with Gasteiger partial charge in [0.25, 0.3) is 0 Å². The Bertz CT molecular complexity index is 294. The molecule has 1 aromatic heterocycles. The summed E-state index contributed by atoms with van der Waals surface area (Å²) in [7, 11) is 0. The molecule has 72 valence electrons. The molecular formula is C8H12ClN3O. The van der Waals surface area contributed by atoms with Crippen molar-refractivity contribution in [3.8, 4) is 0 Å². The Kier molecular flexibility index (Phi) is 2.42. The molecule has 0 aliphatic carbocycles. The van der Waals surface area contributed by atoms with E-state index >= 15 is 0 Å². The Balaban J connectivity index is 2.18. The fraction of sp³-hybridized carbons (Fsp3) is 0.625. The molecule has 3 N–H and O–H groups in total. The molecule has 1 aromatic rings. The van der Waals surface area contributed by atoms with Gasteiger partial charge in [0.2, 0.25) is 0 Å². The third-order valence-corrected chi connectivity index (χ3v) is 2.65. The zero-order valence-corrected chi connectivity index (χ0v) is 7.97. The molecule has 0 saturated carbocycles. The molecule has 0 radical (unpaired) electrons. The van der Waals surface area contributed by atoms with Gasteiger partial charge in [0.1, 0.15) is 5.69 Å². The summed E-state index contributed by atoms with van der Waals surface area (Å²) in [6.45, 7) is 1.97. The van der Waals surface area contributed by atoms with Gasteiger partial charge in [0.05, 0.1) is 0 Å². The maximum Gasteiger partial charge on any atom is 0.195 e. The van der Waals surface area contributed by atoms with Crippen molar-refractivity contribution < 1.29 is 4.52 Å². The van der Waals surface area contributed by atoms with Crippen molar-refractivity contribution in [2.24, 2.45) is 0 Å². The molecule has 5 heteroatoms. The van der Waals surface area contributed by atoms with Crippen LogP contribution in [0.4, 0.5) is 5.69 Å². The normalized spacial score (nSPS) is 23.3. The van der Waals surface area contributed by atoms with Gasteiger partial charge in [0, 0.05) is 12.5 Å². The lowest BCUT2D eigenvalue weighted by Gasteiger charge is -2.20. The van der Waals surface area contributed by atoms with E-state index in [9.17, 15) is 0 Å². The number of rotatable bonds is 1. The van der Waals surface area contributed by atoms with Crippen LogP contribution in [-0.4, -0.2) is 18.2 Å². The van der Waals surface area contributed by atoms with Crippen LogP contribution in [0.25, 0.3) is 0 Å². The van der Waals surface area contributed by atoms with Crippen LogP contribution in [0.5, 0.6) is 0 Å². The summed E-state index contributed by atoms with van der Waals surface area (Å²) in [5.74, 6) is 1.06. The predicted octanol–water partition coefficient (Wildman–Crippen LogP) is 1.38. The quantitative estimate of drug-likeness (QED) is 0.721. The van der Waals surface area contributed by atoms with Crippen LogP contribution >= 0.6 is 11.6 Å². The van der Waals surface area contributed by atoms with Crippen LogP contribution in [0.1, 0.15) is 24.5 Å². The second kappa shape index (κ2) is 3.55. The number of nitrogens with one attached hydrogen (secondary N) is 1. The van der Waals surface area contributed by atoms with E-state index < -0.39 is 0 Å². The molecule has 0 spiro atoms. The van der Waals surface area contributed by atoms with Crippen LogP contribution in [0.15, 0.2) is 4.52 Å². The van der Waals surface area contributed by atoms with E-state index in [0.29, 0.717) is 11.6 Å². The highest BCUT2D eigenvalue weighted by molar-refractivity contribution is 6.31. The Morgan fingerprint density at radius 2 is 2.46 bits per heavy atom. The van der Waals surface area contributed by atoms with Gasteiger partial charge in [-0.1, -0.05) is 16.8 Å². The second-order valence-electron chi connectivity index (χ2n) is 3.29. The maximum atomic E-state index is 5.72. The monoisotopic (exact) mass is 201 g/mol. The maximum absolute atomic E-state index is 5.72. The molecule has 1 saturated heterocycles. The highest BCUT2D eigenvalue weighted by atomic mass is 35.5. The number of nitrogens with zero attached hydrogens (tertiary/aromatic N) is 1. The number of piperidine rings is 1. The van der Waals surface area contributed by atoms with Crippen LogP contribution in [-0.2, 0) is 0 Å². The van der Waals surface area contributed by atoms with E-state index in [1.54, 1.807) is 0 Å². The smallest absolute Gasteiger partial charge is 0.195 e. The molecule has 1 fully saturated rings. The molecule has 2 heterocycles. The molecule has 2 rings (SSSR count). The molecule has 1 unspecified atom stereocenters. The van der Waals surface area contributed by atoms with E-state index in [0.717, 1.165) is 31.7 Å². The number of anilines is 1. The molecule has 1 aliphatic heterocycles. The standard InChI is InChI=1S/C8H12ClN3O/c9-8-6(10)7(13-12-8)5-2-1-3-11-4-5/h5,11H,1-4,10H2. The summed E-state index contributed by atoms with van der Waals surface area (Å²) in [6.07, 6.45) is 2.23. The summed E-state index contributed by atoms with van der Waals surface area (Å²) >= 11 is 5.70. The number of nitrogens with two attached hydrogens (primary N) is 1. The van der Waals surface area contributed by atoms with Crippen molar-refractivity contribution in [3.05, 3.63) is 10.9 Å². The minimum atomic E-state index is 0.278. The highest BCUT2D eigenvalue weighted by Gasteiger charge is 2.23. The van der Waals surface area contributed by atoms with Gasteiger partial charge in [-0.25, -0.2) is 0 Å². The van der Waals surface area contributed by atoms with Crippen molar-refractivity contribution in [2.45, 2.75) is 18.8 Å². The largest absolute Gasteiger partial charge is 0.393 e. The van der Waals surface area contributed by atoms with Gasteiger partial charge < -0.3 is 15.6 Å². The van der Waals surface area contributed by atoms with Crippen molar-refractivity contribution in [1.29, 1.82) is 0 Å². The van der Waals surface area contributed by atoms with Gasteiger partial charge in [-0.2, -0.15) is 0 Å². The molecule has 0 aromatic carbocycles. The molecule has 1 atom stereocenters. The van der Waals surface area contributed by atoms with E-state index in [1.807, 2.05) is 0 Å². The summed E-state index contributed by atoms with van der Waals surface area (Å²) in [4.78, 5) is 0. The first kappa shape index (κ1) is 8.84. The van der Waals surface area contributed by atoms with Crippen LogP contribution < -0.4 is 11.1 Å². The first-order valence-electron chi connectivity index (χ1n) is 4.40. The fourth-order valence-electron chi connectivity index (χ4n) is 1.66. The average molecular weight is 202 g/mol. The average Bonchev–Trinajstić information content (AvgIpc) is 2.49. The van der Waals surface area contributed by atoms with Gasteiger partial charge in [0.15, 0.2) is 10.9 Å². The number of aromatic nitrogens is 1. The summed E-state index contributed by atoms with van der Waals surface area (Å²) in [6, 6.07) is 0. The molecule has 0 amide bonds. The SMILES string of the molecule is Nc1c(Cl)noc1C1CCCNC1. The van der Waals surface area contributed by atoms with Crippen molar-refractivity contribution in [1.82, 2.24) is 10.5 Å². The topological polar surface area (TPSA) is 64.1 Å². The van der Waals surface area contributed by atoms with Crippen molar-refractivity contribution >= 4 is 17.3 Å². The Hall–Kier alpha value is -0.740. The first-order chi connectivity index (χ1) is 6.29. The number of hydrogen-bond donors (Lipinski definition) is 2. The minimum Gasteiger partial charge on any atom is -0.393 e. The summed E-state index contributed by atoms with van der Waals surface area (Å²) in [5.41, 5.74) is 6.21. The first-order valence-corrected chi connectivity index (χ1v) is 4.78. The zero-order chi connectivity index (χ0) is 9.26. The van der Waals surface area contributed by atoms with Crippen molar-refractivity contribution in [3.63, 3.8) is 0 Å². The Morgan fingerprint density at radius 1 is 1.62 bits per heavy atom. The predicted molar refractivity (Wildman–Crippen MR) is 50.8 cm³/mol. The fourth-order valence-corrected chi connectivity index (χ4v) is 1.79. The number of nitrogen functional groups attached to an aromatic ring is 1. The van der Waals surface area contributed by atoms with Gasteiger partial charge in [-0.15, -0.1) is 0 Å². The molecule has 4 nitrogen and oxygen atoms in total. The van der Waals surface area contributed by atoms with E-state index in [4.69, 9.17) is 21.9 Å². The van der Waals surface area contributed by atoms with Gasteiger partial charge in [-0.3, -0.25) is 0 Å². The van der Waals surface area contributed by atoms with Crippen LogP contribution in [0.2, 0.25) is 5.15 Å². The Labute approximate surface area is 81.4 Å². The van der Waals surface area contributed by atoms with Crippen LogP contribution in [0.3, 0.4) is 0 Å². The third kappa shape index (κ3) is 1.64. The summed E-state index contributed by atoms with van der Waals surface area (Å²) < 4.78 is 5.09. The third-order valence-electron chi connectivity index (χ3n) is 2.38. The lowest BCUT2D eigenvalue weighted by Crippen LogP contribution is -2.28. The molecule has 13 heavy (non-hydrogen) atoms. The Morgan fingerprint density at radius 3 is 3.00 bits per heavy atom. The lowest BCUT2D eigenvalue weighted by molar-refractivity contribution is 0.330. The highest BCUT2D eigenvalue weighted by Crippen LogP contribution is 2.31. The van der Waals surface area contributed by atoms with E-state index in [1.165, 1.54) is 0 Å². The van der Waals surface area contributed by atoms with Gasteiger partial charge >= 0.3 is 0 Å². The van der Waals surface area contributed by atoms with E-state index in [-0.39, 0.29) is 5.15 Å². The lowest BCUT2D eigenvalue weighted by atomic mass is 9.96. The number of halogens is 1. The second-order valence-corrected chi connectivity index (χ2v) is 3.65. The molecular weight excluding hydrogens is 190 g/mol. The minimum absolute atomic E-state index is 0.278. The molecule has 0 bridgehead atoms.